The van der Waals surface area contributed by atoms with E-state index in [9.17, 15) is 24.3 Å². The fraction of sp³-hybridized carbons (Fsp3) is 0.462. The second kappa shape index (κ2) is 14.7. The number of pyridine rings is 1. The Hall–Kier alpha value is -4.97. The van der Waals surface area contributed by atoms with Gasteiger partial charge in [0.05, 0.1) is 24.4 Å². The summed E-state index contributed by atoms with van der Waals surface area (Å²) in [6.45, 7) is 5.39. The third kappa shape index (κ3) is 7.28. The van der Waals surface area contributed by atoms with Crippen LogP contribution in [0.4, 0.5) is 4.79 Å². The lowest BCUT2D eigenvalue weighted by molar-refractivity contribution is -0.146. The van der Waals surface area contributed by atoms with Crippen LogP contribution in [0.15, 0.2) is 67.3 Å². The van der Waals surface area contributed by atoms with E-state index in [4.69, 9.17) is 14.5 Å². The first-order valence-electron chi connectivity index (χ1n) is 18.0. The van der Waals surface area contributed by atoms with Crippen LogP contribution in [0.2, 0.25) is 0 Å². The standard InChI is InChI=1S/C39H45N5O7/c1-2-27-22-39(27,37(47)48)43-35(45)32-20-28-23-44(32)36(46)34(26-14-16-40-17-15-26)42-38(49)50-18-8-4-5-9-24-12-13-30-29(19-24)33(51-28)21-31(41-30)25-10-6-3-7-11-25/h2-3,6-7,10-13,19,21,26-28,32,34,40H,1,4-5,8-9,14-18,20,22-23H2,(H,42,49)(H,43,45)(H,47,48)/t27-,28+,32-,34?,39+/m0/s1. The van der Waals surface area contributed by atoms with Gasteiger partial charge in [0, 0.05) is 29.4 Å². The van der Waals surface area contributed by atoms with E-state index in [1.54, 1.807) is 0 Å². The molecular weight excluding hydrogens is 650 g/mol. The molecule has 2 saturated heterocycles. The van der Waals surface area contributed by atoms with E-state index in [-0.39, 0.29) is 31.9 Å². The molecule has 4 aliphatic rings. The van der Waals surface area contributed by atoms with Crippen molar-refractivity contribution in [3.8, 4) is 17.0 Å². The number of carboxylic acids is 1. The number of aliphatic carboxylic acids is 1. The molecule has 51 heavy (non-hydrogen) atoms. The summed E-state index contributed by atoms with van der Waals surface area (Å²) in [6.07, 6.45) is 5.15. The number of nitrogens with one attached hydrogen (secondary N) is 3. The molecule has 12 heteroatoms. The van der Waals surface area contributed by atoms with Gasteiger partial charge in [-0.1, -0.05) is 42.5 Å². The lowest BCUT2D eigenvalue weighted by Gasteiger charge is -2.34. The van der Waals surface area contributed by atoms with E-state index in [0.717, 1.165) is 47.0 Å². The lowest BCUT2D eigenvalue weighted by atomic mass is 9.89. The molecule has 3 aromatic rings. The number of aryl methyl sites for hydroxylation is 1. The first kappa shape index (κ1) is 34.5. The summed E-state index contributed by atoms with van der Waals surface area (Å²) in [6, 6.07) is 15.9. The summed E-state index contributed by atoms with van der Waals surface area (Å²) in [5, 5.41) is 19.8. The van der Waals surface area contributed by atoms with Gasteiger partial charge in [-0.25, -0.2) is 14.6 Å². The summed E-state index contributed by atoms with van der Waals surface area (Å²) in [7, 11) is 0. The van der Waals surface area contributed by atoms with Crippen molar-refractivity contribution in [2.45, 2.75) is 75.1 Å². The summed E-state index contributed by atoms with van der Waals surface area (Å²) in [5.41, 5.74) is 2.06. The molecule has 4 N–H and O–H groups in total. The number of carbonyl (C=O) groups is 4. The van der Waals surface area contributed by atoms with Crippen molar-refractivity contribution >= 4 is 34.8 Å². The highest BCUT2D eigenvalue weighted by Gasteiger charge is 2.61. The number of piperidine rings is 1. The zero-order chi connectivity index (χ0) is 35.5. The molecular formula is C39H45N5O7. The molecule has 3 amide bonds. The van der Waals surface area contributed by atoms with E-state index >= 15 is 0 Å². The minimum atomic E-state index is -1.47. The number of nitrogens with zero attached hydrogens (tertiary/aromatic N) is 2. The number of rotatable bonds is 6. The minimum absolute atomic E-state index is 0.0598. The lowest BCUT2D eigenvalue weighted by Crippen LogP contribution is -2.58. The van der Waals surface area contributed by atoms with Gasteiger partial charge in [-0.3, -0.25) is 9.59 Å². The average Bonchev–Trinajstić information content (AvgIpc) is 3.71. The SMILES string of the molecule is C=C[C@H]1C[C@]1(NC(=O)[C@@H]1C[C@@H]2CN1C(=O)C(C1CCNCC1)NC(=O)OCCCCCc1ccc3nc(-c4ccccc4)cc(c3c1)O2)C(=O)O. The van der Waals surface area contributed by atoms with E-state index < -0.39 is 53.5 Å². The molecule has 1 aliphatic carbocycles. The van der Waals surface area contributed by atoms with Crippen LogP contribution in [0.25, 0.3) is 22.2 Å². The molecule has 4 heterocycles. The smallest absolute Gasteiger partial charge is 0.407 e. The molecule has 0 spiro atoms. The first-order chi connectivity index (χ1) is 24.8. The third-order valence-corrected chi connectivity index (χ3v) is 10.8. The van der Waals surface area contributed by atoms with Gasteiger partial charge in [-0.2, -0.15) is 0 Å². The summed E-state index contributed by atoms with van der Waals surface area (Å²) >= 11 is 0. The normalized spacial score (nSPS) is 27.4. The van der Waals surface area contributed by atoms with Gasteiger partial charge in [0.2, 0.25) is 11.8 Å². The maximum absolute atomic E-state index is 14.6. The Bertz CT molecular complexity index is 1810. The number of carboxylic acid groups (broad SMARTS) is 1. The van der Waals surface area contributed by atoms with Gasteiger partial charge in [0.25, 0.3) is 0 Å². The number of carbonyl (C=O) groups excluding carboxylic acids is 3. The quantitative estimate of drug-likeness (QED) is 0.277. The molecule has 2 aromatic carbocycles. The number of aromatic nitrogens is 1. The second-order valence-electron chi connectivity index (χ2n) is 14.2. The van der Waals surface area contributed by atoms with Crippen molar-refractivity contribution in [3.05, 3.63) is 72.8 Å². The number of ether oxygens (including phenoxy) is 2. The van der Waals surface area contributed by atoms with Crippen LogP contribution < -0.4 is 20.7 Å². The van der Waals surface area contributed by atoms with E-state index in [1.165, 1.54) is 11.0 Å². The van der Waals surface area contributed by atoms with Crippen molar-refractivity contribution in [3.63, 3.8) is 0 Å². The number of fused-ring (bicyclic) bond motifs is 3. The molecule has 12 nitrogen and oxygen atoms in total. The fourth-order valence-electron chi connectivity index (χ4n) is 7.80. The van der Waals surface area contributed by atoms with Gasteiger partial charge in [-0.15, -0.1) is 6.58 Å². The van der Waals surface area contributed by atoms with E-state index in [2.05, 4.69) is 34.7 Å². The molecule has 3 aliphatic heterocycles. The number of hydrogen-bond donors (Lipinski definition) is 4. The van der Waals surface area contributed by atoms with Crippen LogP contribution in [0.3, 0.4) is 0 Å². The predicted molar refractivity (Wildman–Crippen MR) is 190 cm³/mol. The zero-order valence-electron chi connectivity index (χ0n) is 28.6. The Labute approximate surface area is 297 Å². The van der Waals surface area contributed by atoms with Gasteiger partial charge < -0.3 is 35.4 Å². The third-order valence-electron chi connectivity index (χ3n) is 10.8. The van der Waals surface area contributed by atoms with Crippen molar-refractivity contribution in [1.29, 1.82) is 0 Å². The number of amides is 3. The molecule has 3 fully saturated rings. The Morgan fingerprint density at radius 2 is 1.86 bits per heavy atom. The van der Waals surface area contributed by atoms with Crippen LogP contribution in [0.5, 0.6) is 5.75 Å². The molecule has 1 unspecified atom stereocenters. The van der Waals surface area contributed by atoms with E-state index in [1.807, 2.05) is 42.5 Å². The largest absolute Gasteiger partial charge is 0.488 e. The molecule has 1 saturated carbocycles. The molecule has 5 atom stereocenters. The van der Waals surface area contributed by atoms with Crippen LogP contribution in [0, 0.1) is 11.8 Å². The molecule has 0 radical (unpaired) electrons. The summed E-state index contributed by atoms with van der Waals surface area (Å²) in [4.78, 5) is 60.6. The van der Waals surface area contributed by atoms with Gasteiger partial charge >= 0.3 is 12.1 Å². The Morgan fingerprint density at radius 3 is 2.61 bits per heavy atom. The average molecular weight is 696 g/mol. The highest BCUT2D eigenvalue weighted by atomic mass is 16.5. The van der Waals surface area contributed by atoms with Crippen LogP contribution in [0.1, 0.15) is 50.5 Å². The summed E-state index contributed by atoms with van der Waals surface area (Å²) in [5.74, 6) is -2.16. The topological polar surface area (TPSA) is 159 Å². The molecule has 1 aromatic heterocycles. The molecule has 7 rings (SSSR count). The maximum Gasteiger partial charge on any atom is 0.407 e. The monoisotopic (exact) mass is 695 g/mol. The predicted octanol–water partition coefficient (Wildman–Crippen LogP) is 4.22. The molecule has 268 valence electrons. The van der Waals surface area contributed by atoms with Gasteiger partial charge in [-0.05, 0) is 81.6 Å². The van der Waals surface area contributed by atoms with Gasteiger partial charge in [0.1, 0.15) is 29.5 Å². The Kier molecular flexibility index (Phi) is 9.95. The number of benzene rings is 2. The first-order valence-corrected chi connectivity index (χ1v) is 18.0. The summed E-state index contributed by atoms with van der Waals surface area (Å²) < 4.78 is 12.3. The second-order valence-corrected chi connectivity index (χ2v) is 14.2. The van der Waals surface area contributed by atoms with Crippen LogP contribution >= 0.6 is 0 Å². The highest BCUT2D eigenvalue weighted by molar-refractivity contribution is 5.96. The van der Waals surface area contributed by atoms with Crippen LogP contribution in [-0.2, 0) is 25.5 Å². The molecule has 4 bridgehead atoms. The van der Waals surface area contributed by atoms with E-state index in [0.29, 0.717) is 38.1 Å². The highest BCUT2D eigenvalue weighted by Crippen LogP contribution is 2.45. The van der Waals surface area contributed by atoms with Crippen molar-refractivity contribution in [2.75, 3.05) is 26.2 Å². The van der Waals surface area contributed by atoms with Crippen molar-refractivity contribution in [1.82, 2.24) is 25.8 Å². The maximum atomic E-state index is 14.6. The van der Waals surface area contributed by atoms with Crippen molar-refractivity contribution < 1.29 is 33.8 Å². The number of alkyl carbamates (subject to hydrolysis) is 1. The fourth-order valence-corrected chi connectivity index (χ4v) is 7.80. The number of hydrogen-bond acceptors (Lipinski definition) is 8. The Morgan fingerprint density at radius 1 is 1.06 bits per heavy atom. The Balaban J connectivity index is 1.27. The van der Waals surface area contributed by atoms with Gasteiger partial charge in [0.15, 0.2) is 0 Å². The van der Waals surface area contributed by atoms with Crippen LogP contribution in [-0.4, -0.2) is 88.8 Å². The van der Waals surface area contributed by atoms with Crippen molar-refractivity contribution in [2.24, 2.45) is 11.8 Å². The number of cyclic esters (lactones) is 1. The minimum Gasteiger partial charge on any atom is -0.488 e. The zero-order valence-corrected chi connectivity index (χ0v) is 28.6.